The molecule has 0 bridgehead atoms. The topological polar surface area (TPSA) is 12.0 Å². The zero-order valence-corrected chi connectivity index (χ0v) is 11.4. The summed E-state index contributed by atoms with van der Waals surface area (Å²) in [6, 6.07) is 9.14. The van der Waals surface area contributed by atoms with E-state index in [-0.39, 0.29) is 0 Å². The summed E-state index contributed by atoms with van der Waals surface area (Å²) in [5, 5.41) is 3.59. The van der Waals surface area contributed by atoms with Gasteiger partial charge >= 0.3 is 0 Å². The van der Waals surface area contributed by atoms with Gasteiger partial charge in [0.1, 0.15) is 0 Å². The summed E-state index contributed by atoms with van der Waals surface area (Å²) in [5.41, 5.74) is 3.54. The van der Waals surface area contributed by atoms with Gasteiger partial charge in [0, 0.05) is 12.5 Å². The summed E-state index contributed by atoms with van der Waals surface area (Å²) in [4.78, 5) is 0. The molecule has 0 amide bonds. The lowest BCUT2D eigenvalue weighted by atomic mass is 9.67. The molecule has 0 aromatic heterocycles. The van der Waals surface area contributed by atoms with Crippen molar-refractivity contribution < 1.29 is 0 Å². The zero-order chi connectivity index (χ0) is 11.7. The van der Waals surface area contributed by atoms with Gasteiger partial charge in [-0.15, -0.1) is 0 Å². The van der Waals surface area contributed by atoms with Crippen LogP contribution >= 0.6 is 11.8 Å². The van der Waals surface area contributed by atoms with E-state index in [4.69, 9.17) is 0 Å². The summed E-state index contributed by atoms with van der Waals surface area (Å²) >= 11 is 2.15. The Kier molecular flexibility index (Phi) is 3.18. The van der Waals surface area contributed by atoms with E-state index in [2.05, 4.69) is 48.3 Å². The molecule has 0 saturated carbocycles. The van der Waals surface area contributed by atoms with Gasteiger partial charge in [0.2, 0.25) is 0 Å². The average molecular weight is 247 g/mol. The van der Waals surface area contributed by atoms with E-state index in [1.807, 2.05) is 0 Å². The van der Waals surface area contributed by atoms with E-state index in [1.54, 1.807) is 5.56 Å². The van der Waals surface area contributed by atoms with Gasteiger partial charge in [-0.25, -0.2) is 0 Å². The van der Waals surface area contributed by atoms with Crippen LogP contribution in [0.1, 0.15) is 29.9 Å². The van der Waals surface area contributed by atoms with Crippen molar-refractivity contribution in [1.29, 1.82) is 0 Å². The maximum atomic E-state index is 3.59. The van der Waals surface area contributed by atoms with Crippen LogP contribution in [0.5, 0.6) is 0 Å². The lowest BCUT2D eigenvalue weighted by molar-refractivity contribution is 0.197. The summed E-state index contributed by atoms with van der Waals surface area (Å²) in [6.45, 7) is 4.59. The van der Waals surface area contributed by atoms with Gasteiger partial charge < -0.3 is 5.32 Å². The van der Waals surface area contributed by atoms with E-state index in [0.29, 0.717) is 5.41 Å². The maximum Gasteiger partial charge on any atom is 0.00287 e. The molecule has 2 heterocycles. The minimum Gasteiger partial charge on any atom is -0.316 e. The third kappa shape index (κ3) is 2.13. The average Bonchev–Trinajstić information content (AvgIpc) is 2.79. The number of hydrogen-bond acceptors (Lipinski definition) is 2. The number of piperidine rings is 1. The second-order valence-electron chi connectivity index (χ2n) is 5.59. The largest absolute Gasteiger partial charge is 0.316 e. The Labute approximate surface area is 108 Å². The van der Waals surface area contributed by atoms with Crippen molar-refractivity contribution in [3.63, 3.8) is 0 Å². The van der Waals surface area contributed by atoms with E-state index >= 15 is 0 Å². The molecular formula is C15H21NS. The lowest BCUT2D eigenvalue weighted by Gasteiger charge is -2.42. The number of thioether (sulfide) groups is 1. The number of benzene rings is 1. The smallest absolute Gasteiger partial charge is 0.00287 e. The Morgan fingerprint density at radius 2 is 2.29 bits per heavy atom. The molecule has 1 spiro atoms. The molecule has 2 atom stereocenters. The second kappa shape index (κ2) is 4.66. The fourth-order valence-electron chi connectivity index (χ4n) is 3.43. The second-order valence-corrected chi connectivity index (χ2v) is 6.69. The lowest BCUT2D eigenvalue weighted by Crippen LogP contribution is -2.43. The van der Waals surface area contributed by atoms with Crippen molar-refractivity contribution >= 4 is 11.8 Å². The van der Waals surface area contributed by atoms with Crippen molar-refractivity contribution in [2.75, 3.05) is 24.6 Å². The molecule has 17 heavy (non-hydrogen) atoms. The summed E-state index contributed by atoms with van der Waals surface area (Å²) in [6.07, 6.45) is 2.77. The van der Waals surface area contributed by atoms with Gasteiger partial charge in [0.05, 0.1) is 0 Å². The third-order valence-corrected chi connectivity index (χ3v) is 5.74. The standard InChI is InChI=1S/C15H21NS/c1-12-3-2-4-13(9-12)14-10-16-7-5-15(14)6-8-17-11-15/h2-4,9,14,16H,5-8,10-11H2,1H3. The summed E-state index contributed by atoms with van der Waals surface area (Å²) in [5.74, 6) is 3.46. The van der Waals surface area contributed by atoms with Crippen molar-refractivity contribution in [2.45, 2.75) is 25.7 Å². The molecule has 1 aromatic carbocycles. The molecule has 2 fully saturated rings. The predicted molar refractivity (Wildman–Crippen MR) is 75.8 cm³/mol. The molecule has 92 valence electrons. The van der Waals surface area contributed by atoms with E-state index in [1.165, 1.54) is 43.0 Å². The quantitative estimate of drug-likeness (QED) is 0.818. The molecular weight excluding hydrogens is 226 g/mol. The first-order valence-electron chi connectivity index (χ1n) is 6.65. The highest BCUT2D eigenvalue weighted by Crippen LogP contribution is 2.50. The Balaban J connectivity index is 1.93. The van der Waals surface area contributed by atoms with Gasteiger partial charge in [0.15, 0.2) is 0 Å². The fraction of sp³-hybridized carbons (Fsp3) is 0.600. The monoisotopic (exact) mass is 247 g/mol. The van der Waals surface area contributed by atoms with Gasteiger partial charge in [-0.05, 0) is 48.8 Å². The van der Waals surface area contributed by atoms with Crippen LogP contribution in [0.3, 0.4) is 0 Å². The zero-order valence-electron chi connectivity index (χ0n) is 10.5. The molecule has 1 nitrogen and oxygen atoms in total. The first kappa shape index (κ1) is 11.6. The van der Waals surface area contributed by atoms with Gasteiger partial charge in [-0.1, -0.05) is 29.8 Å². The molecule has 2 saturated heterocycles. The van der Waals surface area contributed by atoms with Crippen LogP contribution < -0.4 is 5.32 Å². The normalized spacial score (nSPS) is 33.1. The van der Waals surface area contributed by atoms with Crippen molar-refractivity contribution in [3.05, 3.63) is 35.4 Å². The number of rotatable bonds is 1. The SMILES string of the molecule is Cc1cccc(C2CNCCC23CCSC3)c1. The van der Waals surface area contributed by atoms with Gasteiger partial charge in [0.25, 0.3) is 0 Å². The molecule has 2 aliphatic rings. The Morgan fingerprint density at radius 3 is 3.06 bits per heavy atom. The molecule has 2 aliphatic heterocycles. The minimum atomic E-state index is 0.587. The van der Waals surface area contributed by atoms with Crippen LogP contribution in [-0.2, 0) is 0 Å². The van der Waals surface area contributed by atoms with E-state index in [0.717, 1.165) is 5.92 Å². The van der Waals surface area contributed by atoms with Crippen molar-refractivity contribution in [3.8, 4) is 0 Å². The first-order chi connectivity index (χ1) is 8.30. The van der Waals surface area contributed by atoms with Crippen LogP contribution in [-0.4, -0.2) is 24.6 Å². The Bertz CT molecular complexity index is 396. The van der Waals surface area contributed by atoms with E-state index < -0.39 is 0 Å². The molecule has 2 unspecified atom stereocenters. The highest BCUT2D eigenvalue weighted by Gasteiger charge is 2.43. The van der Waals surface area contributed by atoms with Crippen LogP contribution in [0.25, 0.3) is 0 Å². The van der Waals surface area contributed by atoms with Crippen LogP contribution in [0.15, 0.2) is 24.3 Å². The predicted octanol–water partition coefficient (Wildman–Crippen LogP) is 3.20. The summed E-state index contributed by atoms with van der Waals surface area (Å²) in [7, 11) is 0. The number of hydrogen-bond donors (Lipinski definition) is 1. The van der Waals surface area contributed by atoms with Crippen LogP contribution in [0.4, 0.5) is 0 Å². The molecule has 3 rings (SSSR count). The van der Waals surface area contributed by atoms with Crippen molar-refractivity contribution in [1.82, 2.24) is 5.32 Å². The molecule has 1 aromatic rings. The number of aryl methyl sites for hydroxylation is 1. The highest BCUT2D eigenvalue weighted by molar-refractivity contribution is 7.99. The molecule has 0 radical (unpaired) electrons. The van der Waals surface area contributed by atoms with Gasteiger partial charge in [-0.2, -0.15) is 11.8 Å². The third-order valence-electron chi connectivity index (χ3n) is 4.47. The van der Waals surface area contributed by atoms with Crippen molar-refractivity contribution in [2.24, 2.45) is 5.41 Å². The minimum absolute atomic E-state index is 0.587. The highest BCUT2D eigenvalue weighted by atomic mass is 32.2. The number of nitrogens with one attached hydrogen (secondary N) is 1. The molecule has 0 aliphatic carbocycles. The maximum absolute atomic E-state index is 3.59. The fourth-order valence-corrected chi connectivity index (χ4v) is 5.02. The Morgan fingerprint density at radius 1 is 1.35 bits per heavy atom. The Hall–Kier alpha value is -0.470. The van der Waals surface area contributed by atoms with Gasteiger partial charge in [-0.3, -0.25) is 0 Å². The summed E-state index contributed by atoms with van der Waals surface area (Å²) < 4.78 is 0. The van der Waals surface area contributed by atoms with Crippen LogP contribution in [0, 0.1) is 12.3 Å². The molecule has 2 heteroatoms. The molecule has 1 N–H and O–H groups in total. The van der Waals surface area contributed by atoms with E-state index in [9.17, 15) is 0 Å². The first-order valence-corrected chi connectivity index (χ1v) is 7.81. The van der Waals surface area contributed by atoms with Crippen LogP contribution in [0.2, 0.25) is 0 Å².